The van der Waals surface area contributed by atoms with Crippen molar-refractivity contribution in [1.82, 2.24) is 44.6 Å². The molecule has 3 aliphatic carbocycles. The summed E-state index contributed by atoms with van der Waals surface area (Å²) in [6.07, 6.45) is 19.1. The van der Waals surface area contributed by atoms with E-state index < -0.39 is 11.9 Å². The van der Waals surface area contributed by atoms with Crippen molar-refractivity contribution in [2.24, 2.45) is 5.73 Å². The van der Waals surface area contributed by atoms with Gasteiger partial charge in [-0.1, -0.05) is 11.6 Å². The molecule has 0 saturated heterocycles. The number of nitrogens with two attached hydrogens (primary N) is 1. The summed E-state index contributed by atoms with van der Waals surface area (Å²) in [7, 11) is 12.8. The molecule has 0 aromatic carbocycles. The molecule has 9 heterocycles. The number of aliphatic hydroxyl groups is 1. The molecule has 0 bridgehead atoms. The predicted octanol–water partition coefficient (Wildman–Crippen LogP) is 8.23. The van der Waals surface area contributed by atoms with Crippen LogP contribution in [0.2, 0.25) is 5.15 Å². The van der Waals surface area contributed by atoms with Gasteiger partial charge in [-0.05, 0) is 136 Å². The van der Waals surface area contributed by atoms with Crippen LogP contribution in [0.5, 0.6) is 11.8 Å². The normalized spacial score (nSPS) is 25.2. The minimum atomic E-state index is -0.856. The highest BCUT2D eigenvalue weighted by molar-refractivity contribution is 7.19. The van der Waals surface area contributed by atoms with Crippen LogP contribution in [-0.2, 0) is 67.7 Å². The number of thiophene rings is 3. The van der Waals surface area contributed by atoms with Crippen molar-refractivity contribution in [3.05, 3.63) is 55.5 Å². The van der Waals surface area contributed by atoms with E-state index >= 15 is 0 Å². The number of ether oxygens (including phenoxy) is 5. The van der Waals surface area contributed by atoms with Crippen LogP contribution < -0.4 is 15.2 Å². The average Bonchev–Trinajstić information content (AvgIpc) is 3.44. The molecule has 12 rings (SSSR count). The number of carboxylic acid groups (broad SMARTS) is 2. The van der Waals surface area contributed by atoms with Gasteiger partial charge in [0, 0.05) is 52.0 Å². The second kappa shape index (κ2) is 28.4. The number of carbonyl (C=O) groups excluding carboxylic acids is 1. The Hall–Kier alpha value is -4.86. The Bertz CT molecular complexity index is 3000. The van der Waals surface area contributed by atoms with Crippen molar-refractivity contribution >= 4 is 94.1 Å². The number of primary amides is 1. The van der Waals surface area contributed by atoms with E-state index in [0.717, 1.165) is 139 Å². The Labute approximate surface area is 494 Å². The van der Waals surface area contributed by atoms with Crippen molar-refractivity contribution in [3.8, 4) is 11.8 Å². The largest absolute Gasteiger partial charge is 0.481 e. The van der Waals surface area contributed by atoms with E-state index in [0.29, 0.717) is 74.1 Å². The van der Waals surface area contributed by atoms with Crippen molar-refractivity contribution in [2.75, 3.05) is 42.3 Å². The fraction of sp³-hybridized carbons (Fsp3) is 0.632. The van der Waals surface area contributed by atoms with Crippen molar-refractivity contribution in [3.63, 3.8) is 0 Å². The number of nitrogens with zero attached hydrogens (tertiary/aromatic N) is 9. The number of carboxylic acids is 2. The van der Waals surface area contributed by atoms with Gasteiger partial charge in [0.15, 0.2) is 0 Å². The average molecular weight is 1210 g/mol. The maximum Gasteiger partial charge on any atom is 0.305 e. The summed E-state index contributed by atoms with van der Waals surface area (Å²) in [5.41, 5.74) is 8.65. The standard InChI is InChI=1S/C19H26N4O3S.C19H25N3O4S.C11H9ClN2O3S.C8H17NO/c1-23(2)11-3-5-12(6-4-11)26-18-17-14-7-13(8-16(20)24)25-9-15(14)27-19(17)22-10-21-18;1-22(2)11-3-5-12(6-4-11)26-18-17-14-7-13(8-16(23)24)25-9-15(14)27-19(17)21-10-20-18;12-10-9-6-1-5(2-8(15)16)17-3-7(6)18-11(9)14-4-13-10;1-9(2)7-3-5-8(10)6-4-7/h10-13H,3-9H2,1-2H3,(H2,20,24);10-13H,3-9H2,1-2H3,(H,23,24);4-5H,1-3H2,(H,15,16);7-8,10H,3-6H2,1-2H3. The number of fused-ring (bicyclic) bond motifs is 9. The fourth-order valence-corrected chi connectivity index (χ4v) is 15.4. The molecule has 1 amide bonds. The van der Waals surface area contributed by atoms with Crippen LogP contribution in [0.4, 0.5) is 0 Å². The minimum absolute atomic E-state index is 0.00207. The van der Waals surface area contributed by atoms with E-state index in [1.807, 2.05) is 0 Å². The first-order chi connectivity index (χ1) is 39.4. The van der Waals surface area contributed by atoms with Gasteiger partial charge in [0.05, 0.1) is 79.7 Å². The minimum Gasteiger partial charge on any atom is -0.481 e. The lowest BCUT2D eigenvalue weighted by atomic mass is 9.92. The van der Waals surface area contributed by atoms with Crippen molar-refractivity contribution < 1.29 is 53.4 Å². The van der Waals surface area contributed by atoms with E-state index in [-0.39, 0.29) is 61.8 Å². The quantitative estimate of drug-likeness (QED) is 0.0793. The summed E-state index contributed by atoms with van der Waals surface area (Å²) in [6, 6.07) is 1.97. The van der Waals surface area contributed by atoms with E-state index in [9.17, 15) is 19.5 Å². The molecule has 3 atom stereocenters. The lowest BCUT2D eigenvalue weighted by Crippen LogP contribution is -2.35. The van der Waals surface area contributed by atoms with Crippen molar-refractivity contribution in [2.45, 2.75) is 190 Å². The number of hydrogen-bond acceptors (Lipinski definition) is 21. The SMILES string of the molecule is CN(C)C1CCC(O)CC1.CN(C)C1CCC(Oc2ncnc3sc4c(c23)CC(CC(=O)O)OC4)CC1.CN(C)C1CCC(Oc2ncnc3sc4c(c23)CC(CC(N)=O)OC4)CC1.O=C(O)CC1Cc2c(sc3ncnc(Cl)c23)CO1. The zero-order valence-electron chi connectivity index (χ0n) is 47.6. The zero-order valence-corrected chi connectivity index (χ0v) is 50.8. The summed E-state index contributed by atoms with van der Waals surface area (Å²) in [4.78, 5) is 71.8. The maximum absolute atomic E-state index is 11.3. The third-order valence-corrected chi connectivity index (χ3v) is 20.1. The van der Waals surface area contributed by atoms with Crippen molar-refractivity contribution in [1.29, 1.82) is 0 Å². The second-order valence-electron chi connectivity index (χ2n) is 22.8. The number of rotatable bonds is 13. The van der Waals surface area contributed by atoms with Crippen LogP contribution in [0.15, 0.2) is 19.0 Å². The van der Waals surface area contributed by atoms with E-state index in [4.69, 9.17) is 51.2 Å². The maximum atomic E-state index is 11.3. The number of hydrogen-bond donors (Lipinski definition) is 4. The fourth-order valence-electron chi connectivity index (χ4n) is 11.9. The third-order valence-electron chi connectivity index (χ3n) is 16.5. The first kappa shape index (κ1) is 61.7. The molecule has 446 valence electrons. The Kier molecular flexibility index (Phi) is 21.3. The molecule has 3 aliphatic heterocycles. The Morgan fingerprint density at radius 2 is 0.878 bits per heavy atom. The number of amides is 1. The van der Waals surface area contributed by atoms with Gasteiger partial charge in [-0.15, -0.1) is 34.0 Å². The molecule has 82 heavy (non-hydrogen) atoms. The highest BCUT2D eigenvalue weighted by atomic mass is 35.5. The monoisotopic (exact) mass is 1210 g/mol. The van der Waals surface area contributed by atoms with Crippen LogP contribution in [0.3, 0.4) is 0 Å². The van der Waals surface area contributed by atoms with E-state index in [1.54, 1.807) is 35.3 Å². The van der Waals surface area contributed by atoms with Gasteiger partial charge in [0.25, 0.3) is 0 Å². The van der Waals surface area contributed by atoms with E-state index in [2.05, 4.69) is 86.9 Å². The van der Waals surface area contributed by atoms with E-state index in [1.165, 1.54) is 17.7 Å². The number of aliphatic carboxylic acids is 2. The van der Waals surface area contributed by atoms with Gasteiger partial charge in [0.1, 0.15) is 50.8 Å². The van der Waals surface area contributed by atoms with Gasteiger partial charge < -0.3 is 59.4 Å². The molecular formula is C57H77ClN10O11S3. The highest BCUT2D eigenvalue weighted by Crippen LogP contribution is 2.43. The molecule has 5 N–H and O–H groups in total. The molecule has 3 saturated carbocycles. The molecule has 0 spiro atoms. The predicted molar refractivity (Wildman–Crippen MR) is 315 cm³/mol. The molecule has 6 aliphatic rings. The Morgan fingerprint density at radius 1 is 0.537 bits per heavy atom. The number of aliphatic hydroxyl groups excluding tert-OH is 1. The molecule has 3 unspecified atom stereocenters. The summed E-state index contributed by atoms with van der Waals surface area (Å²) in [6.45, 7) is 1.34. The number of aromatic nitrogens is 6. The third kappa shape index (κ3) is 15.7. The molecule has 25 heteroatoms. The first-order valence-electron chi connectivity index (χ1n) is 28.4. The van der Waals surface area contributed by atoms with Crippen LogP contribution in [-0.4, -0.2) is 175 Å². The van der Waals surface area contributed by atoms with Gasteiger partial charge >= 0.3 is 11.9 Å². The Morgan fingerprint density at radius 3 is 1.24 bits per heavy atom. The molecule has 0 radical (unpaired) electrons. The summed E-state index contributed by atoms with van der Waals surface area (Å²) >= 11 is 10.8. The second-order valence-corrected chi connectivity index (χ2v) is 26.4. The summed E-state index contributed by atoms with van der Waals surface area (Å²) < 4.78 is 29.7. The lowest BCUT2D eigenvalue weighted by Gasteiger charge is -2.32. The number of carbonyl (C=O) groups is 3. The smallest absolute Gasteiger partial charge is 0.305 e. The number of halogens is 1. The first-order valence-corrected chi connectivity index (χ1v) is 31.2. The van der Waals surface area contributed by atoms with Gasteiger partial charge in [-0.2, -0.15) is 0 Å². The molecule has 6 aromatic rings. The van der Waals surface area contributed by atoms with Crippen LogP contribution >= 0.6 is 45.6 Å². The van der Waals surface area contributed by atoms with Gasteiger partial charge in [0.2, 0.25) is 17.7 Å². The highest BCUT2D eigenvalue weighted by Gasteiger charge is 2.33. The summed E-state index contributed by atoms with van der Waals surface area (Å²) in [5.74, 6) is -0.723. The zero-order chi connectivity index (χ0) is 58.2. The van der Waals surface area contributed by atoms with Crippen LogP contribution in [0.25, 0.3) is 30.6 Å². The molecule has 3 fully saturated rings. The lowest BCUT2D eigenvalue weighted by molar-refractivity contribution is -0.141. The van der Waals surface area contributed by atoms with Crippen LogP contribution in [0, 0.1) is 0 Å². The molecule has 6 aromatic heterocycles. The van der Waals surface area contributed by atoms with Gasteiger partial charge in [-0.25, -0.2) is 29.9 Å². The molecular weight excluding hydrogens is 1130 g/mol. The van der Waals surface area contributed by atoms with Crippen LogP contribution in [0.1, 0.15) is 128 Å². The topological polar surface area (TPSA) is 271 Å². The summed E-state index contributed by atoms with van der Waals surface area (Å²) in [5, 5.41) is 30.3. The molecule has 21 nitrogen and oxygen atoms in total. The van der Waals surface area contributed by atoms with Gasteiger partial charge in [-0.3, -0.25) is 14.4 Å². The Balaban J connectivity index is 0.000000139.